The smallest absolute Gasteiger partial charge is 0.407 e. The molecule has 2 aromatic carbocycles. The van der Waals surface area contributed by atoms with E-state index in [-0.39, 0.29) is 43.6 Å². The molecule has 0 saturated carbocycles. The number of alkyl carbamates (subject to hydrolysis) is 1. The van der Waals surface area contributed by atoms with Crippen LogP contribution in [0.1, 0.15) is 50.2 Å². The van der Waals surface area contributed by atoms with Gasteiger partial charge >= 0.3 is 18.1 Å². The van der Waals surface area contributed by atoms with Gasteiger partial charge < -0.3 is 26.2 Å². The fourth-order valence-corrected chi connectivity index (χ4v) is 4.63. The molecule has 1 aliphatic carbocycles. The van der Waals surface area contributed by atoms with Crippen LogP contribution in [-0.2, 0) is 14.3 Å². The lowest BCUT2D eigenvalue weighted by Crippen LogP contribution is -2.45. The first kappa shape index (κ1) is 26.7. The van der Waals surface area contributed by atoms with Gasteiger partial charge in [0.2, 0.25) is 0 Å². The molecule has 5 N–H and O–H groups in total. The van der Waals surface area contributed by atoms with E-state index in [1.807, 2.05) is 48.5 Å². The number of hydrogen-bond donors (Lipinski definition) is 4. The maximum atomic E-state index is 12.9. The summed E-state index contributed by atoms with van der Waals surface area (Å²) in [6.07, 6.45) is -0.407. The summed E-state index contributed by atoms with van der Waals surface area (Å²) in [7, 11) is 0. The molecule has 9 nitrogen and oxygen atoms in total. The van der Waals surface area contributed by atoms with E-state index < -0.39 is 30.1 Å². The van der Waals surface area contributed by atoms with E-state index in [1.54, 1.807) is 13.8 Å². The zero-order valence-electron chi connectivity index (χ0n) is 20.5. The SMILES string of the molecule is CC(C)C(NC(=O)OCC1c2ccccc2-c2ccccc21)C(=O)CC(CCCNC(N)=O)C(=O)O. The quantitative estimate of drug-likeness (QED) is 0.330. The van der Waals surface area contributed by atoms with Gasteiger partial charge in [-0.2, -0.15) is 0 Å². The summed E-state index contributed by atoms with van der Waals surface area (Å²) in [5, 5.41) is 14.6. The number of urea groups is 1. The maximum Gasteiger partial charge on any atom is 0.407 e. The average Bonchev–Trinajstić information content (AvgIpc) is 3.16. The van der Waals surface area contributed by atoms with E-state index in [0.29, 0.717) is 6.42 Å². The molecule has 9 heteroatoms. The number of aliphatic carboxylic acids is 1. The Bertz CT molecular complexity index is 1070. The number of benzene rings is 2. The maximum absolute atomic E-state index is 12.9. The minimum atomic E-state index is -1.11. The van der Waals surface area contributed by atoms with Crippen molar-refractivity contribution in [2.75, 3.05) is 13.2 Å². The van der Waals surface area contributed by atoms with Crippen molar-refractivity contribution < 1.29 is 29.0 Å². The number of carbonyl (C=O) groups excluding carboxylic acids is 3. The predicted molar refractivity (Wildman–Crippen MR) is 134 cm³/mol. The highest BCUT2D eigenvalue weighted by Gasteiger charge is 2.32. The van der Waals surface area contributed by atoms with Crippen LogP contribution >= 0.6 is 0 Å². The van der Waals surface area contributed by atoms with Crippen molar-refractivity contribution in [3.8, 4) is 11.1 Å². The Labute approximate surface area is 210 Å². The van der Waals surface area contributed by atoms with Crippen molar-refractivity contribution in [3.63, 3.8) is 0 Å². The van der Waals surface area contributed by atoms with E-state index >= 15 is 0 Å². The normalized spacial score (nSPS) is 13.9. The summed E-state index contributed by atoms with van der Waals surface area (Å²) >= 11 is 0. The largest absolute Gasteiger partial charge is 0.481 e. The minimum Gasteiger partial charge on any atom is -0.481 e. The molecular weight excluding hydrogens is 462 g/mol. The van der Waals surface area contributed by atoms with Crippen molar-refractivity contribution in [2.24, 2.45) is 17.6 Å². The van der Waals surface area contributed by atoms with E-state index in [0.717, 1.165) is 22.3 Å². The third-order valence-corrected chi connectivity index (χ3v) is 6.46. The highest BCUT2D eigenvalue weighted by Crippen LogP contribution is 2.44. The van der Waals surface area contributed by atoms with Gasteiger partial charge in [0.25, 0.3) is 0 Å². The number of carboxylic acid groups (broad SMARTS) is 1. The Morgan fingerprint density at radius 2 is 1.58 bits per heavy atom. The van der Waals surface area contributed by atoms with Crippen molar-refractivity contribution in [1.29, 1.82) is 0 Å². The first-order valence-electron chi connectivity index (χ1n) is 12.1. The molecule has 0 saturated heterocycles. The zero-order chi connectivity index (χ0) is 26.2. The standard InChI is InChI=1S/C27H33N3O6/c1-16(2)24(23(31)14-17(25(32)33)8-7-13-29-26(28)34)30-27(35)36-15-22-20-11-5-3-9-18(20)19-10-4-6-12-21(19)22/h3-6,9-12,16-17,22,24H,7-8,13-15H2,1-2H3,(H,30,35)(H,32,33)(H3,28,29,34). The number of ether oxygens (including phenoxy) is 1. The van der Waals surface area contributed by atoms with Crippen LogP contribution in [0.5, 0.6) is 0 Å². The lowest BCUT2D eigenvalue weighted by Gasteiger charge is -2.23. The topological polar surface area (TPSA) is 148 Å². The van der Waals surface area contributed by atoms with E-state index in [4.69, 9.17) is 10.5 Å². The van der Waals surface area contributed by atoms with Crippen molar-refractivity contribution in [2.45, 2.75) is 45.1 Å². The van der Waals surface area contributed by atoms with Gasteiger partial charge in [-0.05, 0) is 41.0 Å². The van der Waals surface area contributed by atoms with Crippen molar-refractivity contribution in [1.82, 2.24) is 10.6 Å². The van der Waals surface area contributed by atoms with E-state index in [1.165, 1.54) is 0 Å². The van der Waals surface area contributed by atoms with Gasteiger partial charge in [-0.15, -0.1) is 0 Å². The fourth-order valence-electron chi connectivity index (χ4n) is 4.63. The highest BCUT2D eigenvalue weighted by atomic mass is 16.5. The number of hydrogen-bond acceptors (Lipinski definition) is 5. The summed E-state index contributed by atoms with van der Waals surface area (Å²) in [6, 6.07) is 14.4. The second-order valence-electron chi connectivity index (χ2n) is 9.33. The molecule has 0 aliphatic heterocycles. The fraction of sp³-hybridized carbons (Fsp3) is 0.407. The Hall–Kier alpha value is -3.88. The lowest BCUT2D eigenvalue weighted by molar-refractivity contribution is -0.144. The molecule has 3 amide bonds. The number of rotatable bonds is 12. The number of nitrogens with one attached hydrogen (secondary N) is 2. The molecule has 2 unspecified atom stereocenters. The van der Waals surface area contributed by atoms with Crippen molar-refractivity contribution in [3.05, 3.63) is 59.7 Å². The first-order valence-corrected chi connectivity index (χ1v) is 12.1. The number of primary amides is 1. The van der Waals surface area contributed by atoms with Crippen LogP contribution < -0.4 is 16.4 Å². The van der Waals surface area contributed by atoms with Crippen LogP contribution in [-0.4, -0.2) is 48.2 Å². The summed E-state index contributed by atoms with van der Waals surface area (Å²) in [4.78, 5) is 48.0. The summed E-state index contributed by atoms with van der Waals surface area (Å²) in [5.74, 6) is -2.79. The Balaban J connectivity index is 1.59. The van der Waals surface area contributed by atoms with Gasteiger partial charge in [-0.1, -0.05) is 62.4 Å². The molecule has 0 radical (unpaired) electrons. The van der Waals surface area contributed by atoms with Gasteiger partial charge in [0.15, 0.2) is 5.78 Å². The van der Waals surface area contributed by atoms with Crippen LogP contribution in [0.3, 0.4) is 0 Å². The van der Waals surface area contributed by atoms with E-state index in [9.17, 15) is 24.3 Å². The second-order valence-corrected chi connectivity index (χ2v) is 9.33. The minimum absolute atomic E-state index is 0.109. The van der Waals surface area contributed by atoms with Crippen LogP contribution in [0.15, 0.2) is 48.5 Å². The molecule has 36 heavy (non-hydrogen) atoms. The Kier molecular flexibility index (Phi) is 9.05. The first-order chi connectivity index (χ1) is 17.2. The number of Topliss-reactive ketones (excluding diaryl/α,β-unsaturated/α-hetero) is 1. The Morgan fingerprint density at radius 1 is 1.00 bits per heavy atom. The molecule has 1 aliphatic rings. The summed E-state index contributed by atoms with van der Waals surface area (Å²) in [5.41, 5.74) is 9.40. The molecule has 192 valence electrons. The van der Waals surface area contributed by atoms with Gasteiger partial charge in [0, 0.05) is 18.9 Å². The van der Waals surface area contributed by atoms with Crippen LogP contribution in [0, 0.1) is 11.8 Å². The molecule has 0 spiro atoms. The molecule has 0 fully saturated rings. The number of carboxylic acids is 1. The third kappa shape index (κ3) is 6.62. The van der Waals surface area contributed by atoms with Gasteiger partial charge in [-0.25, -0.2) is 9.59 Å². The number of ketones is 1. The second kappa shape index (κ2) is 12.2. The van der Waals surface area contributed by atoms with Crippen LogP contribution in [0.4, 0.5) is 9.59 Å². The number of fused-ring (bicyclic) bond motifs is 3. The molecule has 3 rings (SSSR count). The van der Waals surface area contributed by atoms with Gasteiger partial charge in [0.1, 0.15) is 6.61 Å². The predicted octanol–water partition coefficient (Wildman–Crippen LogP) is 3.66. The third-order valence-electron chi connectivity index (χ3n) is 6.46. The zero-order valence-corrected chi connectivity index (χ0v) is 20.5. The molecule has 0 heterocycles. The summed E-state index contributed by atoms with van der Waals surface area (Å²) in [6.45, 7) is 3.89. The summed E-state index contributed by atoms with van der Waals surface area (Å²) < 4.78 is 5.55. The molecule has 2 atom stereocenters. The van der Waals surface area contributed by atoms with Gasteiger partial charge in [0.05, 0.1) is 12.0 Å². The lowest BCUT2D eigenvalue weighted by atomic mass is 9.90. The number of amides is 3. The van der Waals surface area contributed by atoms with Crippen molar-refractivity contribution >= 4 is 23.9 Å². The van der Waals surface area contributed by atoms with Gasteiger partial charge in [-0.3, -0.25) is 9.59 Å². The number of carbonyl (C=O) groups is 4. The highest BCUT2D eigenvalue weighted by molar-refractivity contribution is 5.90. The molecule has 0 aromatic heterocycles. The molecule has 0 bridgehead atoms. The van der Waals surface area contributed by atoms with Crippen LogP contribution in [0.2, 0.25) is 0 Å². The average molecular weight is 496 g/mol. The number of nitrogens with two attached hydrogens (primary N) is 1. The molecule has 2 aromatic rings. The Morgan fingerprint density at radius 3 is 2.11 bits per heavy atom. The van der Waals surface area contributed by atoms with Crippen LogP contribution in [0.25, 0.3) is 11.1 Å². The van der Waals surface area contributed by atoms with E-state index in [2.05, 4.69) is 10.6 Å². The molecular formula is C27H33N3O6. The monoisotopic (exact) mass is 495 g/mol.